The van der Waals surface area contributed by atoms with Crippen LogP contribution in [0.4, 0.5) is 0 Å². The highest BCUT2D eigenvalue weighted by atomic mass is 35.5. The first-order valence-electron chi connectivity index (χ1n) is 6.12. The molecule has 0 bridgehead atoms. The number of thioether (sulfide) groups is 1. The molecule has 3 nitrogen and oxygen atoms in total. The Kier molecular flexibility index (Phi) is 5.39. The molecule has 1 amide bonds. The SMILES string of the molecule is NC1CC(NC(=O)CSCc2c(Cl)cccc2Cl)C1. The third-order valence-corrected chi connectivity index (χ3v) is 4.75. The fraction of sp³-hybridized carbons (Fsp3) is 0.462. The van der Waals surface area contributed by atoms with E-state index >= 15 is 0 Å². The van der Waals surface area contributed by atoms with E-state index in [4.69, 9.17) is 28.9 Å². The maximum absolute atomic E-state index is 11.7. The van der Waals surface area contributed by atoms with Gasteiger partial charge in [-0.1, -0.05) is 29.3 Å². The lowest BCUT2D eigenvalue weighted by Gasteiger charge is -2.32. The van der Waals surface area contributed by atoms with Gasteiger partial charge in [-0.2, -0.15) is 0 Å². The van der Waals surface area contributed by atoms with E-state index in [2.05, 4.69) is 5.32 Å². The minimum absolute atomic E-state index is 0.0464. The molecule has 6 heteroatoms. The molecule has 0 aliphatic heterocycles. The number of hydrogen-bond donors (Lipinski definition) is 2. The highest BCUT2D eigenvalue weighted by molar-refractivity contribution is 7.99. The van der Waals surface area contributed by atoms with Crippen LogP contribution in [0.1, 0.15) is 18.4 Å². The predicted octanol–water partition coefficient (Wildman–Crippen LogP) is 2.83. The van der Waals surface area contributed by atoms with Gasteiger partial charge in [0.1, 0.15) is 0 Å². The molecule has 0 spiro atoms. The van der Waals surface area contributed by atoms with E-state index in [1.807, 2.05) is 6.07 Å². The van der Waals surface area contributed by atoms with Gasteiger partial charge in [-0.05, 0) is 30.5 Å². The Bertz CT molecular complexity index is 444. The fourth-order valence-electron chi connectivity index (χ4n) is 1.97. The summed E-state index contributed by atoms with van der Waals surface area (Å²) in [5.74, 6) is 1.09. The standard InChI is InChI=1S/C13H16Cl2N2OS/c14-11-2-1-3-12(15)10(11)6-19-7-13(18)17-9-4-8(16)5-9/h1-3,8-9H,4-7,16H2,(H,17,18). The van der Waals surface area contributed by atoms with Crippen LogP contribution in [-0.4, -0.2) is 23.7 Å². The third-order valence-electron chi connectivity index (χ3n) is 3.08. The number of nitrogens with two attached hydrogens (primary N) is 1. The van der Waals surface area contributed by atoms with Crippen LogP contribution >= 0.6 is 35.0 Å². The second-order valence-electron chi connectivity index (χ2n) is 4.69. The zero-order chi connectivity index (χ0) is 13.8. The summed E-state index contributed by atoms with van der Waals surface area (Å²) >= 11 is 13.6. The molecule has 0 radical (unpaired) electrons. The van der Waals surface area contributed by atoms with Gasteiger partial charge in [-0.25, -0.2) is 0 Å². The molecule has 1 fully saturated rings. The topological polar surface area (TPSA) is 55.1 Å². The Labute approximate surface area is 127 Å². The molecule has 3 N–H and O–H groups in total. The van der Waals surface area contributed by atoms with Crippen LogP contribution in [0, 0.1) is 0 Å². The Morgan fingerprint density at radius 2 is 2.00 bits per heavy atom. The molecule has 0 saturated heterocycles. The largest absolute Gasteiger partial charge is 0.353 e. The van der Waals surface area contributed by atoms with Crippen LogP contribution in [0.15, 0.2) is 18.2 Å². The number of amides is 1. The number of hydrogen-bond acceptors (Lipinski definition) is 3. The Morgan fingerprint density at radius 3 is 2.58 bits per heavy atom. The molecule has 2 rings (SSSR count). The normalized spacial score (nSPS) is 21.8. The van der Waals surface area contributed by atoms with E-state index in [9.17, 15) is 4.79 Å². The van der Waals surface area contributed by atoms with Crippen LogP contribution in [0.5, 0.6) is 0 Å². The molecule has 0 heterocycles. The second kappa shape index (κ2) is 6.84. The Morgan fingerprint density at radius 1 is 1.37 bits per heavy atom. The molecule has 1 aliphatic carbocycles. The average Bonchev–Trinajstić information content (AvgIpc) is 2.31. The van der Waals surface area contributed by atoms with Crippen molar-refractivity contribution >= 4 is 40.9 Å². The molecule has 0 aromatic heterocycles. The Balaban J connectivity index is 1.72. The fourth-order valence-corrected chi connectivity index (χ4v) is 3.54. The minimum atomic E-state index is 0.0464. The summed E-state index contributed by atoms with van der Waals surface area (Å²) in [6.45, 7) is 0. The van der Waals surface area contributed by atoms with E-state index in [0.717, 1.165) is 18.4 Å². The van der Waals surface area contributed by atoms with Gasteiger partial charge in [-0.15, -0.1) is 11.8 Å². The van der Waals surface area contributed by atoms with Gasteiger partial charge in [0, 0.05) is 27.9 Å². The summed E-state index contributed by atoms with van der Waals surface area (Å²) in [7, 11) is 0. The van der Waals surface area contributed by atoms with Crippen LogP contribution in [0.2, 0.25) is 10.0 Å². The van der Waals surface area contributed by atoms with Gasteiger partial charge in [0.2, 0.25) is 5.91 Å². The quantitative estimate of drug-likeness (QED) is 0.877. The van der Waals surface area contributed by atoms with Crippen molar-refractivity contribution < 1.29 is 4.79 Å². The van der Waals surface area contributed by atoms with E-state index in [0.29, 0.717) is 21.6 Å². The summed E-state index contributed by atoms with van der Waals surface area (Å²) in [5.41, 5.74) is 6.55. The molecule has 1 aliphatic rings. The van der Waals surface area contributed by atoms with E-state index in [-0.39, 0.29) is 18.0 Å². The molecule has 1 aromatic rings. The van der Waals surface area contributed by atoms with Crippen LogP contribution < -0.4 is 11.1 Å². The van der Waals surface area contributed by atoms with Gasteiger partial charge >= 0.3 is 0 Å². The lowest BCUT2D eigenvalue weighted by atomic mass is 9.88. The predicted molar refractivity (Wildman–Crippen MR) is 81.8 cm³/mol. The molecule has 104 valence electrons. The zero-order valence-corrected chi connectivity index (χ0v) is 12.7. The number of benzene rings is 1. The molecule has 19 heavy (non-hydrogen) atoms. The summed E-state index contributed by atoms with van der Waals surface area (Å²) < 4.78 is 0. The summed E-state index contributed by atoms with van der Waals surface area (Å²) in [6, 6.07) is 5.93. The van der Waals surface area contributed by atoms with Crippen LogP contribution in [0.25, 0.3) is 0 Å². The van der Waals surface area contributed by atoms with Gasteiger partial charge in [0.25, 0.3) is 0 Å². The first kappa shape index (κ1) is 15.0. The monoisotopic (exact) mass is 318 g/mol. The molecule has 0 atom stereocenters. The summed E-state index contributed by atoms with van der Waals surface area (Å²) in [4.78, 5) is 11.7. The molecular weight excluding hydrogens is 303 g/mol. The Hall–Kier alpha value is -0.420. The number of halogens is 2. The highest BCUT2D eigenvalue weighted by Crippen LogP contribution is 2.28. The van der Waals surface area contributed by atoms with Crippen molar-refractivity contribution in [3.63, 3.8) is 0 Å². The van der Waals surface area contributed by atoms with Crippen molar-refractivity contribution in [2.45, 2.75) is 30.7 Å². The van der Waals surface area contributed by atoms with E-state index < -0.39 is 0 Å². The lowest BCUT2D eigenvalue weighted by Crippen LogP contribution is -2.50. The van der Waals surface area contributed by atoms with Crippen molar-refractivity contribution in [1.82, 2.24) is 5.32 Å². The van der Waals surface area contributed by atoms with Crippen molar-refractivity contribution in [3.8, 4) is 0 Å². The first-order valence-corrected chi connectivity index (χ1v) is 8.03. The van der Waals surface area contributed by atoms with Gasteiger partial charge in [0.15, 0.2) is 0 Å². The van der Waals surface area contributed by atoms with Crippen LogP contribution in [0.3, 0.4) is 0 Å². The average molecular weight is 319 g/mol. The summed E-state index contributed by atoms with van der Waals surface area (Å²) in [5, 5.41) is 4.24. The van der Waals surface area contributed by atoms with Gasteiger partial charge in [0.05, 0.1) is 5.75 Å². The van der Waals surface area contributed by atoms with E-state index in [1.54, 1.807) is 12.1 Å². The first-order chi connectivity index (χ1) is 9.06. The maximum atomic E-state index is 11.7. The maximum Gasteiger partial charge on any atom is 0.230 e. The zero-order valence-electron chi connectivity index (χ0n) is 10.4. The van der Waals surface area contributed by atoms with Crippen molar-refractivity contribution in [2.75, 3.05) is 5.75 Å². The van der Waals surface area contributed by atoms with Gasteiger partial charge in [-0.3, -0.25) is 4.79 Å². The smallest absolute Gasteiger partial charge is 0.230 e. The second-order valence-corrected chi connectivity index (χ2v) is 6.49. The number of nitrogens with one attached hydrogen (secondary N) is 1. The van der Waals surface area contributed by atoms with Crippen molar-refractivity contribution in [3.05, 3.63) is 33.8 Å². The lowest BCUT2D eigenvalue weighted by molar-refractivity contribution is -0.119. The van der Waals surface area contributed by atoms with Gasteiger partial charge < -0.3 is 11.1 Å². The minimum Gasteiger partial charge on any atom is -0.353 e. The number of rotatable bonds is 5. The highest BCUT2D eigenvalue weighted by Gasteiger charge is 2.26. The number of carbonyl (C=O) groups is 1. The molecule has 0 unspecified atom stereocenters. The number of carbonyl (C=O) groups excluding carboxylic acids is 1. The molecule has 1 saturated carbocycles. The summed E-state index contributed by atoms with van der Waals surface area (Å²) in [6.07, 6.45) is 1.76. The van der Waals surface area contributed by atoms with Crippen molar-refractivity contribution in [2.24, 2.45) is 5.73 Å². The van der Waals surface area contributed by atoms with E-state index in [1.165, 1.54) is 11.8 Å². The molecule has 1 aromatic carbocycles. The third kappa shape index (κ3) is 4.28. The van der Waals surface area contributed by atoms with Crippen LogP contribution in [-0.2, 0) is 10.5 Å². The van der Waals surface area contributed by atoms with Crippen molar-refractivity contribution in [1.29, 1.82) is 0 Å². The molecular formula is C13H16Cl2N2OS.